The number of nitrogens with two attached hydrogens (primary N) is 2. The Labute approximate surface area is 264 Å². The highest BCUT2D eigenvalue weighted by Crippen LogP contribution is 2.28. The molecule has 0 aliphatic heterocycles. The molecule has 18 heteroatoms. The number of hydrogen-bond acceptors (Lipinski definition) is 7. The quantitative estimate of drug-likeness (QED) is 0.123. The van der Waals surface area contributed by atoms with Gasteiger partial charge < -0.3 is 32.3 Å². The highest BCUT2D eigenvalue weighted by atomic mass is 19.4. The fraction of sp³-hybridized carbons (Fsp3) is 0.379. The van der Waals surface area contributed by atoms with Crippen LogP contribution in [0.25, 0.3) is 10.9 Å². The molecule has 1 amide bonds. The van der Waals surface area contributed by atoms with Crippen molar-refractivity contribution in [1.29, 1.82) is 0 Å². The first kappa shape index (κ1) is 38.0. The number of anilines is 1. The number of hydrogen-bond donors (Lipinski definition) is 6. The summed E-state index contributed by atoms with van der Waals surface area (Å²) in [7, 11) is 0. The van der Waals surface area contributed by atoms with Crippen molar-refractivity contribution in [2.24, 2.45) is 16.5 Å². The van der Waals surface area contributed by atoms with Gasteiger partial charge in [0.25, 0.3) is 5.91 Å². The molecule has 1 heterocycles. The van der Waals surface area contributed by atoms with E-state index in [1.807, 2.05) is 56.3 Å². The molecule has 8 N–H and O–H groups in total. The first-order chi connectivity index (χ1) is 21.8. The predicted molar refractivity (Wildman–Crippen MR) is 159 cm³/mol. The van der Waals surface area contributed by atoms with Gasteiger partial charge in [-0.15, -0.1) is 0 Å². The third-order valence-electron chi connectivity index (χ3n) is 6.48. The van der Waals surface area contributed by atoms with E-state index in [1.54, 1.807) is 0 Å². The summed E-state index contributed by atoms with van der Waals surface area (Å²) in [5, 5.41) is 21.6. The molecule has 1 aliphatic carbocycles. The lowest BCUT2D eigenvalue weighted by atomic mass is 9.90. The van der Waals surface area contributed by atoms with Crippen molar-refractivity contribution < 1.29 is 50.9 Å². The van der Waals surface area contributed by atoms with Crippen LogP contribution in [0.5, 0.6) is 0 Å². The number of aliphatic imine (C=N–C) groups is 1. The van der Waals surface area contributed by atoms with Crippen LogP contribution in [0, 0.1) is 13.8 Å². The van der Waals surface area contributed by atoms with E-state index < -0.39 is 24.3 Å². The van der Waals surface area contributed by atoms with Crippen LogP contribution < -0.4 is 22.1 Å². The molecule has 1 aliphatic rings. The number of alkyl halides is 6. The van der Waals surface area contributed by atoms with Crippen molar-refractivity contribution >= 4 is 40.5 Å². The summed E-state index contributed by atoms with van der Waals surface area (Å²) >= 11 is 0. The van der Waals surface area contributed by atoms with Crippen molar-refractivity contribution in [2.75, 3.05) is 5.32 Å². The van der Waals surface area contributed by atoms with E-state index in [2.05, 4.69) is 25.6 Å². The summed E-state index contributed by atoms with van der Waals surface area (Å²) in [5.41, 5.74) is 15.3. The molecule has 47 heavy (non-hydrogen) atoms. The number of guanidine groups is 1. The largest absolute Gasteiger partial charge is 0.490 e. The Morgan fingerprint density at radius 1 is 0.872 bits per heavy atom. The lowest BCUT2D eigenvalue weighted by Gasteiger charge is -2.30. The average Bonchev–Trinajstić information content (AvgIpc) is 2.97. The van der Waals surface area contributed by atoms with Gasteiger partial charge in [-0.3, -0.25) is 4.79 Å². The standard InChI is InChI=1S/C25H31N7O.2C2HF3O2/c1-15-7-10-17(11-8-15)14-28-24(33)23-29-19-12-9-16(2)13-18(19)22(32-23)30-20-5-3-4-6-21(20)31-25(26)27;2*3-2(4,5)1(6)7/h7-13,20-21H,3-6,14H2,1-2H3,(H,28,33)(H4,26,27,31)(H,29,30,32);2*(H,6,7). The number of fused-ring (bicyclic) bond motifs is 1. The number of carbonyl (C=O) groups is 3. The zero-order chi connectivity index (χ0) is 35.5. The fourth-order valence-electron chi connectivity index (χ4n) is 4.22. The van der Waals surface area contributed by atoms with Crippen molar-refractivity contribution in [2.45, 2.75) is 70.5 Å². The Hall–Kier alpha value is -5.16. The molecule has 2 aromatic carbocycles. The molecule has 0 bridgehead atoms. The van der Waals surface area contributed by atoms with Gasteiger partial charge in [0.05, 0.1) is 17.6 Å². The summed E-state index contributed by atoms with van der Waals surface area (Å²) in [6.45, 7) is 4.46. The van der Waals surface area contributed by atoms with Crippen LogP contribution in [0.1, 0.15) is 53.0 Å². The van der Waals surface area contributed by atoms with E-state index in [0.717, 1.165) is 42.2 Å². The van der Waals surface area contributed by atoms with Gasteiger partial charge in [0, 0.05) is 11.9 Å². The second-order valence-electron chi connectivity index (χ2n) is 10.3. The number of aromatic nitrogens is 2. The molecule has 1 saturated carbocycles. The van der Waals surface area contributed by atoms with Crippen molar-refractivity contribution in [3.8, 4) is 0 Å². The number of amides is 1. The average molecular weight is 674 g/mol. The number of rotatable bonds is 6. The Kier molecular flexibility index (Phi) is 13.3. The van der Waals surface area contributed by atoms with E-state index >= 15 is 0 Å². The summed E-state index contributed by atoms with van der Waals surface area (Å²) in [6.07, 6.45) is -6.18. The molecule has 2 atom stereocenters. The molecule has 0 spiro atoms. The van der Waals surface area contributed by atoms with Gasteiger partial charge in [-0.05, 0) is 44.4 Å². The predicted octanol–water partition coefficient (Wildman–Crippen LogP) is 4.44. The maximum absolute atomic E-state index is 12.9. The summed E-state index contributed by atoms with van der Waals surface area (Å²) < 4.78 is 63.5. The Balaban J connectivity index is 0.000000459. The van der Waals surface area contributed by atoms with E-state index in [9.17, 15) is 31.1 Å². The first-order valence-corrected chi connectivity index (χ1v) is 13.9. The third kappa shape index (κ3) is 12.6. The minimum absolute atomic E-state index is 0.0302. The van der Waals surface area contributed by atoms with Gasteiger partial charge in [0.2, 0.25) is 5.82 Å². The molecular formula is C29H33F6N7O5. The topological polar surface area (TPSA) is 206 Å². The maximum Gasteiger partial charge on any atom is 0.490 e. The number of carbonyl (C=O) groups excluding carboxylic acids is 1. The van der Waals surface area contributed by atoms with Crippen LogP contribution >= 0.6 is 0 Å². The highest BCUT2D eigenvalue weighted by Gasteiger charge is 2.39. The van der Waals surface area contributed by atoms with Gasteiger partial charge in [0.15, 0.2) is 5.96 Å². The Morgan fingerprint density at radius 2 is 1.40 bits per heavy atom. The molecule has 0 saturated heterocycles. The van der Waals surface area contributed by atoms with Crippen LogP contribution in [0.2, 0.25) is 0 Å². The minimum Gasteiger partial charge on any atom is -0.475 e. The molecular weight excluding hydrogens is 640 g/mol. The second kappa shape index (κ2) is 16.4. The van der Waals surface area contributed by atoms with Gasteiger partial charge in [-0.25, -0.2) is 24.5 Å². The third-order valence-corrected chi connectivity index (χ3v) is 6.48. The van der Waals surface area contributed by atoms with Crippen LogP contribution in [-0.2, 0) is 16.1 Å². The number of carboxylic acid groups (broad SMARTS) is 2. The van der Waals surface area contributed by atoms with Gasteiger partial charge in [-0.2, -0.15) is 26.3 Å². The Bertz CT molecular complexity index is 1550. The maximum atomic E-state index is 12.9. The fourth-order valence-corrected chi connectivity index (χ4v) is 4.22. The molecule has 256 valence electrons. The number of aryl methyl sites for hydroxylation is 2. The number of halogens is 6. The van der Waals surface area contributed by atoms with Gasteiger partial charge in [-0.1, -0.05) is 54.3 Å². The van der Waals surface area contributed by atoms with E-state index in [1.165, 1.54) is 5.56 Å². The van der Waals surface area contributed by atoms with Crippen LogP contribution in [0.3, 0.4) is 0 Å². The normalized spacial score (nSPS) is 16.0. The molecule has 3 aromatic rings. The van der Waals surface area contributed by atoms with Gasteiger partial charge in [0.1, 0.15) is 5.82 Å². The van der Waals surface area contributed by atoms with Crippen molar-refractivity contribution in [1.82, 2.24) is 15.3 Å². The number of nitrogens with zero attached hydrogens (tertiary/aromatic N) is 3. The van der Waals surface area contributed by atoms with Crippen LogP contribution in [0.4, 0.5) is 32.2 Å². The number of carboxylic acids is 2. The molecule has 2 unspecified atom stereocenters. The smallest absolute Gasteiger partial charge is 0.475 e. The number of nitrogens with one attached hydrogen (secondary N) is 2. The lowest BCUT2D eigenvalue weighted by Crippen LogP contribution is -2.38. The van der Waals surface area contributed by atoms with Crippen LogP contribution in [-0.4, -0.2) is 68.4 Å². The summed E-state index contributed by atoms with van der Waals surface area (Å²) in [4.78, 5) is 44.3. The molecule has 12 nitrogen and oxygen atoms in total. The zero-order valence-electron chi connectivity index (χ0n) is 25.1. The Morgan fingerprint density at radius 3 is 1.94 bits per heavy atom. The second-order valence-corrected chi connectivity index (χ2v) is 10.3. The van der Waals surface area contributed by atoms with Crippen molar-refractivity contribution in [3.63, 3.8) is 0 Å². The number of benzene rings is 2. The molecule has 0 radical (unpaired) electrons. The molecule has 4 rings (SSSR count). The highest BCUT2D eigenvalue weighted by molar-refractivity contribution is 5.96. The van der Waals surface area contributed by atoms with Gasteiger partial charge >= 0.3 is 24.3 Å². The zero-order valence-corrected chi connectivity index (χ0v) is 25.1. The first-order valence-electron chi connectivity index (χ1n) is 13.9. The summed E-state index contributed by atoms with van der Waals surface area (Å²) in [6, 6.07) is 14.0. The number of aliphatic carboxylic acids is 2. The lowest BCUT2D eigenvalue weighted by molar-refractivity contribution is -0.193. The van der Waals surface area contributed by atoms with E-state index in [-0.39, 0.29) is 29.8 Å². The van der Waals surface area contributed by atoms with E-state index in [0.29, 0.717) is 17.9 Å². The summed E-state index contributed by atoms with van der Waals surface area (Å²) in [5.74, 6) is -4.97. The van der Waals surface area contributed by atoms with E-state index in [4.69, 9.17) is 31.3 Å². The van der Waals surface area contributed by atoms with Crippen LogP contribution in [0.15, 0.2) is 47.5 Å². The molecule has 1 fully saturated rings. The monoisotopic (exact) mass is 673 g/mol. The minimum atomic E-state index is -5.08. The molecule has 1 aromatic heterocycles. The van der Waals surface area contributed by atoms with Crippen molar-refractivity contribution in [3.05, 3.63) is 65.0 Å². The SMILES string of the molecule is Cc1ccc(CNC(=O)c2nc(NC3CCCCC3N=C(N)N)c3cc(C)ccc3n2)cc1.O=C(O)C(F)(F)F.O=C(O)C(F)(F)F.